The molecule has 110 valence electrons. The second kappa shape index (κ2) is 6.25. The van der Waals surface area contributed by atoms with Crippen LogP contribution in [0, 0.1) is 5.92 Å². The van der Waals surface area contributed by atoms with Crippen molar-refractivity contribution in [3.05, 3.63) is 35.4 Å². The third-order valence-electron chi connectivity index (χ3n) is 4.88. The van der Waals surface area contributed by atoms with Gasteiger partial charge in [-0.2, -0.15) is 0 Å². The Hall–Kier alpha value is -0.900. The maximum absolute atomic E-state index is 9.25. The molecule has 1 aliphatic carbocycles. The molecule has 1 aromatic carbocycles. The maximum Gasteiger partial charge on any atom is 0.0681 e. The van der Waals surface area contributed by atoms with Crippen LogP contribution >= 0.6 is 0 Å². The summed E-state index contributed by atoms with van der Waals surface area (Å²) in [4.78, 5) is 0. The molecule has 3 heteroatoms. The fraction of sp³-hybridized carbons (Fsp3) is 0.647. The van der Waals surface area contributed by atoms with E-state index in [1.807, 2.05) is 12.1 Å². The van der Waals surface area contributed by atoms with Crippen LogP contribution in [-0.4, -0.2) is 23.9 Å². The topological polar surface area (TPSA) is 41.5 Å². The van der Waals surface area contributed by atoms with Crippen molar-refractivity contribution in [3.63, 3.8) is 0 Å². The Labute approximate surface area is 121 Å². The van der Waals surface area contributed by atoms with Gasteiger partial charge in [-0.05, 0) is 43.7 Å². The number of aliphatic hydroxyl groups excluding tert-OH is 1. The second-order valence-corrected chi connectivity index (χ2v) is 6.19. The van der Waals surface area contributed by atoms with Crippen LogP contribution in [0.2, 0.25) is 0 Å². The van der Waals surface area contributed by atoms with E-state index < -0.39 is 0 Å². The summed E-state index contributed by atoms with van der Waals surface area (Å²) in [6.45, 7) is 3.26. The smallest absolute Gasteiger partial charge is 0.0681 e. The van der Waals surface area contributed by atoms with Gasteiger partial charge in [-0.1, -0.05) is 24.3 Å². The zero-order valence-corrected chi connectivity index (χ0v) is 12.2. The van der Waals surface area contributed by atoms with E-state index in [2.05, 4.69) is 24.4 Å². The van der Waals surface area contributed by atoms with Crippen LogP contribution in [0.5, 0.6) is 0 Å². The first-order valence-corrected chi connectivity index (χ1v) is 7.85. The van der Waals surface area contributed by atoms with E-state index in [0.29, 0.717) is 24.1 Å². The monoisotopic (exact) mass is 275 g/mol. The molecular weight excluding hydrogens is 250 g/mol. The van der Waals surface area contributed by atoms with E-state index in [1.54, 1.807) is 0 Å². The quantitative estimate of drug-likeness (QED) is 0.888. The van der Waals surface area contributed by atoms with Crippen LogP contribution in [0.25, 0.3) is 0 Å². The highest BCUT2D eigenvalue weighted by atomic mass is 16.5. The number of rotatable bonds is 4. The minimum atomic E-state index is 0.114. The van der Waals surface area contributed by atoms with Crippen LogP contribution in [0.1, 0.15) is 49.8 Å². The van der Waals surface area contributed by atoms with Gasteiger partial charge >= 0.3 is 0 Å². The Kier molecular flexibility index (Phi) is 4.39. The Morgan fingerprint density at radius 2 is 2.25 bits per heavy atom. The van der Waals surface area contributed by atoms with E-state index in [9.17, 15) is 5.11 Å². The number of nitrogens with one attached hydrogen (secondary N) is 1. The molecule has 1 saturated carbocycles. The van der Waals surface area contributed by atoms with Crippen molar-refractivity contribution in [2.75, 3.05) is 6.61 Å². The van der Waals surface area contributed by atoms with Gasteiger partial charge in [0.25, 0.3) is 0 Å². The largest absolute Gasteiger partial charge is 0.392 e. The predicted octanol–water partition coefficient (Wildman–Crippen LogP) is 2.79. The molecule has 2 aliphatic rings. The maximum atomic E-state index is 9.25. The van der Waals surface area contributed by atoms with E-state index in [-0.39, 0.29) is 6.61 Å². The molecule has 1 saturated heterocycles. The first-order valence-electron chi connectivity index (χ1n) is 7.85. The Morgan fingerprint density at radius 1 is 1.35 bits per heavy atom. The van der Waals surface area contributed by atoms with E-state index in [0.717, 1.165) is 12.2 Å². The SMILES string of the molecule is CC(NC1CCCC2OCCC12)c1cccc(CO)c1. The van der Waals surface area contributed by atoms with Crippen LogP contribution < -0.4 is 5.32 Å². The van der Waals surface area contributed by atoms with Crippen molar-refractivity contribution >= 4 is 0 Å². The molecule has 4 atom stereocenters. The first kappa shape index (κ1) is 14.1. The zero-order valence-electron chi connectivity index (χ0n) is 12.2. The Bertz CT molecular complexity index is 448. The normalized spacial score (nSPS) is 31.0. The van der Waals surface area contributed by atoms with Gasteiger partial charge in [-0.25, -0.2) is 0 Å². The number of fused-ring (bicyclic) bond motifs is 1. The van der Waals surface area contributed by atoms with Crippen molar-refractivity contribution in [1.29, 1.82) is 0 Å². The predicted molar refractivity (Wildman–Crippen MR) is 79.4 cm³/mol. The molecule has 3 rings (SSSR count). The third kappa shape index (κ3) is 2.90. The van der Waals surface area contributed by atoms with Crippen LogP contribution in [0.3, 0.4) is 0 Å². The van der Waals surface area contributed by atoms with E-state index in [4.69, 9.17) is 4.74 Å². The summed E-state index contributed by atoms with van der Waals surface area (Å²) in [6.07, 6.45) is 5.44. The minimum absolute atomic E-state index is 0.114. The van der Waals surface area contributed by atoms with Crippen molar-refractivity contribution in [2.24, 2.45) is 5.92 Å². The van der Waals surface area contributed by atoms with Crippen molar-refractivity contribution in [1.82, 2.24) is 5.32 Å². The lowest BCUT2D eigenvalue weighted by molar-refractivity contribution is 0.0514. The molecule has 2 fully saturated rings. The number of aliphatic hydroxyl groups is 1. The molecule has 0 radical (unpaired) electrons. The summed E-state index contributed by atoms with van der Waals surface area (Å²) in [6, 6.07) is 9.14. The molecule has 2 N–H and O–H groups in total. The molecule has 0 amide bonds. The van der Waals surface area contributed by atoms with Crippen molar-refractivity contribution in [2.45, 2.75) is 57.4 Å². The number of hydrogen-bond acceptors (Lipinski definition) is 3. The Balaban J connectivity index is 1.66. The van der Waals surface area contributed by atoms with Crippen LogP contribution in [0.15, 0.2) is 24.3 Å². The molecule has 1 aromatic rings. The number of ether oxygens (including phenoxy) is 1. The Morgan fingerprint density at radius 3 is 3.10 bits per heavy atom. The highest BCUT2D eigenvalue weighted by Crippen LogP contribution is 2.35. The number of hydrogen-bond donors (Lipinski definition) is 2. The van der Waals surface area contributed by atoms with Crippen LogP contribution in [-0.2, 0) is 11.3 Å². The average Bonchev–Trinajstić information content (AvgIpc) is 2.97. The lowest BCUT2D eigenvalue weighted by atomic mass is 9.81. The van der Waals surface area contributed by atoms with Gasteiger partial charge in [0.2, 0.25) is 0 Å². The third-order valence-corrected chi connectivity index (χ3v) is 4.88. The highest BCUT2D eigenvalue weighted by molar-refractivity contribution is 5.25. The molecule has 1 aliphatic heterocycles. The summed E-state index contributed by atoms with van der Waals surface area (Å²) in [5.41, 5.74) is 2.25. The molecule has 3 nitrogen and oxygen atoms in total. The lowest BCUT2D eigenvalue weighted by Gasteiger charge is -2.35. The van der Waals surface area contributed by atoms with Crippen LogP contribution in [0.4, 0.5) is 0 Å². The molecule has 1 heterocycles. The molecular formula is C17H25NO2. The summed E-state index contributed by atoms with van der Waals surface area (Å²) in [5, 5.41) is 13.0. The fourth-order valence-electron chi connectivity index (χ4n) is 3.76. The van der Waals surface area contributed by atoms with Gasteiger partial charge in [0.05, 0.1) is 12.7 Å². The summed E-state index contributed by atoms with van der Waals surface area (Å²) in [7, 11) is 0. The molecule has 0 aromatic heterocycles. The number of benzene rings is 1. The van der Waals surface area contributed by atoms with Gasteiger partial charge in [-0.3, -0.25) is 0 Å². The molecule has 4 unspecified atom stereocenters. The first-order chi connectivity index (χ1) is 9.78. The van der Waals surface area contributed by atoms with Gasteiger partial charge in [-0.15, -0.1) is 0 Å². The fourth-order valence-corrected chi connectivity index (χ4v) is 3.76. The van der Waals surface area contributed by atoms with Gasteiger partial charge in [0.1, 0.15) is 0 Å². The summed E-state index contributed by atoms with van der Waals surface area (Å²) >= 11 is 0. The minimum Gasteiger partial charge on any atom is -0.392 e. The van der Waals surface area contributed by atoms with Crippen molar-refractivity contribution in [3.8, 4) is 0 Å². The second-order valence-electron chi connectivity index (χ2n) is 6.19. The van der Waals surface area contributed by atoms with E-state index in [1.165, 1.54) is 31.2 Å². The lowest BCUT2D eigenvalue weighted by Crippen LogP contribution is -2.44. The molecule has 20 heavy (non-hydrogen) atoms. The average molecular weight is 275 g/mol. The van der Waals surface area contributed by atoms with Gasteiger partial charge in [0, 0.05) is 24.6 Å². The summed E-state index contributed by atoms with van der Waals surface area (Å²) < 4.78 is 5.84. The summed E-state index contributed by atoms with van der Waals surface area (Å²) in [5.74, 6) is 0.687. The van der Waals surface area contributed by atoms with Gasteiger partial charge in [0.15, 0.2) is 0 Å². The highest BCUT2D eigenvalue weighted by Gasteiger charge is 2.37. The van der Waals surface area contributed by atoms with Gasteiger partial charge < -0.3 is 15.2 Å². The molecule has 0 spiro atoms. The van der Waals surface area contributed by atoms with E-state index >= 15 is 0 Å². The molecule has 0 bridgehead atoms. The van der Waals surface area contributed by atoms with Crippen molar-refractivity contribution < 1.29 is 9.84 Å². The standard InChI is InChI=1S/C17H25NO2/c1-12(14-5-2-4-13(10-14)11-19)18-16-6-3-7-17-15(16)8-9-20-17/h2,4-5,10,12,15-19H,3,6-9,11H2,1H3. The zero-order chi connectivity index (χ0) is 13.9.